The minimum absolute atomic E-state index is 0.134. The van der Waals surface area contributed by atoms with Crippen LogP contribution in [0.1, 0.15) is 32.4 Å². The van der Waals surface area contributed by atoms with Gasteiger partial charge < -0.3 is 4.57 Å². The summed E-state index contributed by atoms with van der Waals surface area (Å²) < 4.78 is 3.75. The number of nitrogens with zero attached hydrogens (tertiary/aromatic N) is 2. The highest BCUT2D eigenvalue weighted by Crippen LogP contribution is 2.23. The monoisotopic (exact) mass is 358 g/mol. The molecule has 0 fully saturated rings. The summed E-state index contributed by atoms with van der Waals surface area (Å²) >= 11 is 0. The first-order valence-corrected chi connectivity index (χ1v) is 9.31. The lowest BCUT2D eigenvalue weighted by Crippen LogP contribution is -2.28. The van der Waals surface area contributed by atoms with Crippen molar-refractivity contribution in [3.05, 3.63) is 86.9 Å². The molecule has 0 saturated heterocycles. The average Bonchev–Trinajstić information content (AvgIpc) is 2.68. The van der Waals surface area contributed by atoms with Crippen molar-refractivity contribution in [2.75, 3.05) is 0 Å². The van der Waals surface area contributed by atoms with E-state index in [1.54, 1.807) is 10.6 Å². The fourth-order valence-corrected chi connectivity index (χ4v) is 3.82. The number of hydrogen-bond donors (Lipinski definition) is 0. The Labute approximate surface area is 157 Å². The predicted octanol–water partition coefficient (Wildman–Crippen LogP) is 4.45. The average molecular weight is 358 g/mol. The molecule has 4 rings (SSSR count). The minimum Gasteiger partial charge on any atom is -0.340 e. The third-order valence-corrected chi connectivity index (χ3v) is 5.10. The Morgan fingerprint density at radius 2 is 1.56 bits per heavy atom. The molecule has 27 heavy (non-hydrogen) atoms. The summed E-state index contributed by atoms with van der Waals surface area (Å²) in [6.45, 7) is 6.85. The van der Waals surface area contributed by atoms with Gasteiger partial charge >= 0.3 is 0 Å². The molecule has 0 spiro atoms. The standard InChI is InChI=1S/C23H22N2O2/c1-4-24-18-13-9-8-12-17(18)22(26)21-20(24)14-19(15(2)3)25(23(21)27)16-10-6-5-7-11-16/h5-15H,4H2,1-3H3. The van der Waals surface area contributed by atoms with Crippen LogP contribution in [-0.2, 0) is 6.54 Å². The van der Waals surface area contributed by atoms with Gasteiger partial charge in [-0.3, -0.25) is 14.2 Å². The summed E-state index contributed by atoms with van der Waals surface area (Å²) in [6, 6.07) is 19.0. The van der Waals surface area contributed by atoms with Gasteiger partial charge in [0.05, 0.1) is 11.0 Å². The maximum atomic E-state index is 13.5. The Kier molecular flexibility index (Phi) is 4.19. The van der Waals surface area contributed by atoms with Gasteiger partial charge in [0.2, 0.25) is 5.43 Å². The Balaban J connectivity index is 2.28. The van der Waals surface area contributed by atoms with Gasteiger partial charge in [0.15, 0.2) is 0 Å². The van der Waals surface area contributed by atoms with Crippen molar-refractivity contribution in [1.82, 2.24) is 9.13 Å². The zero-order chi connectivity index (χ0) is 19.1. The molecule has 4 aromatic rings. The van der Waals surface area contributed by atoms with Crippen LogP contribution >= 0.6 is 0 Å². The highest BCUT2D eigenvalue weighted by molar-refractivity contribution is 5.93. The van der Waals surface area contributed by atoms with Crippen LogP contribution in [0.15, 0.2) is 70.3 Å². The molecule has 0 atom stereocenters. The highest BCUT2D eigenvalue weighted by atomic mass is 16.1. The molecule has 0 aliphatic rings. The van der Waals surface area contributed by atoms with Crippen molar-refractivity contribution in [2.45, 2.75) is 33.2 Å². The molecule has 136 valence electrons. The molecule has 4 nitrogen and oxygen atoms in total. The molecular formula is C23H22N2O2. The molecule has 0 aliphatic heterocycles. The molecule has 2 aromatic heterocycles. The molecule has 0 unspecified atom stereocenters. The highest BCUT2D eigenvalue weighted by Gasteiger charge is 2.19. The van der Waals surface area contributed by atoms with Gasteiger partial charge in [-0.25, -0.2) is 0 Å². The molecule has 2 aromatic carbocycles. The van der Waals surface area contributed by atoms with E-state index in [1.807, 2.05) is 61.5 Å². The lowest BCUT2D eigenvalue weighted by molar-refractivity contribution is 0.756. The molecule has 0 radical (unpaired) electrons. The zero-order valence-electron chi connectivity index (χ0n) is 15.8. The molecule has 0 amide bonds. The van der Waals surface area contributed by atoms with Gasteiger partial charge in [0, 0.05) is 23.3 Å². The summed E-state index contributed by atoms with van der Waals surface area (Å²) in [5, 5.41) is 0.838. The Morgan fingerprint density at radius 1 is 0.889 bits per heavy atom. The van der Waals surface area contributed by atoms with E-state index in [0.29, 0.717) is 17.4 Å². The molecule has 0 N–H and O–H groups in total. The topological polar surface area (TPSA) is 44.0 Å². The predicted molar refractivity (Wildman–Crippen MR) is 111 cm³/mol. The number of para-hydroxylation sites is 2. The molecular weight excluding hydrogens is 336 g/mol. The van der Waals surface area contributed by atoms with Crippen molar-refractivity contribution in [2.24, 2.45) is 0 Å². The van der Waals surface area contributed by atoms with E-state index in [4.69, 9.17) is 0 Å². The summed E-state index contributed by atoms with van der Waals surface area (Å²) in [5.74, 6) is 0.134. The quantitative estimate of drug-likeness (QED) is 0.508. The van der Waals surface area contributed by atoms with E-state index >= 15 is 0 Å². The molecule has 0 saturated carbocycles. The van der Waals surface area contributed by atoms with Crippen LogP contribution in [0, 0.1) is 0 Å². The van der Waals surface area contributed by atoms with E-state index in [1.165, 1.54) is 0 Å². The summed E-state index contributed by atoms with van der Waals surface area (Å²) in [5.41, 5.74) is 2.81. The second-order valence-corrected chi connectivity index (χ2v) is 7.05. The first-order valence-electron chi connectivity index (χ1n) is 9.31. The van der Waals surface area contributed by atoms with E-state index in [0.717, 1.165) is 16.9 Å². The second kappa shape index (κ2) is 6.54. The maximum Gasteiger partial charge on any atom is 0.268 e. The van der Waals surface area contributed by atoms with Crippen LogP contribution in [-0.4, -0.2) is 9.13 Å². The lowest BCUT2D eigenvalue weighted by atomic mass is 10.0. The van der Waals surface area contributed by atoms with Gasteiger partial charge in [-0.05, 0) is 43.2 Å². The smallest absolute Gasteiger partial charge is 0.268 e. The second-order valence-electron chi connectivity index (χ2n) is 7.05. The van der Waals surface area contributed by atoms with Crippen molar-refractivity contribution in [3.63, 3.8) is 0 Å². The largest absolute Gasteiger partial charge is 0.340 e. The zero-order valence-corrected chi connectivity index (χ0v) is 15.8. The van der Waals surface area contributed by atoms with Gasteiger partial charge in [0.25, 0.3) is 5.56 Å². The summed E-state index contributed by atoms with van der Waals surface area (Å²) in [7, 11) is 0. The van der Waals surface area contributed by atoms with Crippen LogP contribution in [0.25, 0.3) is 27.5 Å². The minimum atomic E-state index is -0.250. The van der Waals surface area contributed by atoms with Crippen LogP contribution in [0.3, 0.4) is 0 Å². The van der Waals surface area contributed by atoms with Crippen molar-refractivity contribution in [1.29, 1.82) is 0 Å². The summed E-state index contributed by atoms with van der Waals surface area (Å²) in [4.78, 5) is 26.8. The fraction of sp³-hybridized carbons (Fsp3) is 0.217. The van der Waals surface area contributed by atoms with Crippen molar-refractivity contribution in [3.8, 4) is 5.69 Å². The van der Waals surface area contributed by atoms with Crippen LogP contribution in [0.5, 0.6) is 0 Å². The molecule has 0 aliphatic carbocycles. The van der Waals surface area contributed by atoms with Gasteiger partial charge in [-0.1, -0.05) is 44.2 Å². The lowest BCUT2D eigenvalue weighted by Gasteiger charge is -2.20. The number of aromatic nitrogens is 2. The number of pyridine rings is 2. The van der Waals surface area contributed by atoms with E-state index < -0.39 is 0 Å². The first-order chi connectivity index (χ1) is 13.0. The van der Waals surface area contributed by atoms with Crippen LogP contribution in [0.4, 0.5) is 0 Å². The number of hydrogen-bond acceptors (Lipinski definition) is 2. The molecule has 2 heterocycles. The van der Waals surface area contributed by atoms with Crippen LogP contribution in [0.2, 0.25) is 0 Å². The Hall–Kier alpha value is -3.14. The molecule has 0 bridgehead atoms. The number of fused-ring (bicyclic) bond motifs is 2. The SMILES string of the molecule is CCn1c2ccccc2c(=O)c2c(=O)n(-c3ccccc3)c(C(C)C)cc21. The van der Waals surface area contributed by atoms with E-state index in [2.05, 4.69) is 18.4 Å². The number of benzene rings is 2. The first kappa shape index (κ1) is 17.3. The van der Waals surface area contributed by atoms with Crippen molar-refractivity contribution < 1.29 is 0 Å². The Morgan fingerprint density at radius 3 is 2.22 bits per heavy atom. The van der Waals surface area contributed by atoms with Gasteiger partial charge in [-0.15, -0.1) is 0 Å². The maximum absolute atomic E-state index is 13.5. The molecule has 4 heteroatoms. The van der Waals surface area contributed by atoms with E-state index in [-0.39, 0.29) is 22.3 Å². The van der Waals surface area contributed by atoms with Crippen LogP contribution < -0.4 is 11.0 Å². The number of rotatable bonds is 3. The van der Waals surface area contributed by atoms with Gasteiger partial charge in [0.1, 0.15) is 5.39 Å². The number of aryl methyl sites for hydroxylation is 1. The fourth-order valence-electron chi connectivity index (χ4n) is 3.82. The van der Waals surface area contributed by atoms with Gasteiger partial charge in [-0.2, -0.15) is 0 Å². The summed E-state index contributed by atoms with van der Waals surface area (Å²) in [6.07, 6.45) is 0. The third kappa shape index (κ3) is 2.60. The van der Waals surface area contributed by atoms with Crippen molar-refractivity contribution >= 4 is 21.8 Å². The normalized spacial score (nSPS) is 11.6. The Bertz CT molecular complexity index is 1270. The third-order valence-electron chi connectivity index (χ3n) is 5.10. The van der Waals surface area contributed by atoms with E-state index in [9.17, 15) is 9.59 Å².